The number of fused-ring (bicyclic) bond motifs is 2. The van der Waals surface area contributed by atoms with Crippen LogP contribution >= 0.6 is 0 Å². The van der Waals surface area contributed by atoms with Crippen LogP contribution in [0.3, 0.4) is 0 Å². The Kier molecular flexibility index (Phi) is 4.78. The van der Waals surface area contributed by atoms with Crippen molar-refractivity contribution in [1.29, 1.82) is 0 Å². The van der Waals surface area contributed by atoms with Gasteiger partial charge >= 0.3 is 6.18 Å². The Morgan fingerprint density at radius 3 is 2.58 bits per heavy atom. The monoisotopic (exact) mass is 423 g/mol. The van der Waals surface area contributed by atoms with E-state index in [0.29, 0.717) is 30.9 Å². The van der Waals surface area contributed by atoms with Crippen molar-refractivity contribution in [1.82, 2.24) is 9.88 Å². The number of carbonyl (C=O) groups excluding carboxylic acids is 1. The van der Waals surface area contributed by atoms with Gasteiger partial charge in [-0.15, -0.1) is 0 Å². The predicted octanol–water partition coefficient (Wildman–Crippen LogP) is 4.82. The highest BCUT2D eigenvalue weighted by molar-refractivity contribution is 6.10. The van der Waals surface area contributed by atoms with E-state index in [1.807, 2.05) is 18.2 Å². The van der Waals surface area contributed by atoms with Crippen LogP contribution in [0.1, 0.15) is 38.3 Å². The molecule has 0 spiro atoms. The van der Waals surface area contributed by atoms with E-state index in [9.17, 15) is 18.0 Å². The molecular weight excluding hydrogens is 403 g/mol. The lowest BCUT2D eigenvalue weighted by atomic mass is 9.98. The number of hydrogen-bond acceptors (Lipinski definition) is 3. The number of nitrogens with zero attached hydrogens (tertiary/aromatic N) is 3. The second kappa shape index (κ2) is 7.50. The summed E-state index contributed by atoms with van der Waals surface area (Å²) in [5.41, 5.74) is 2.71. The minimum absolute atomic E-state index is 0.0540. The number of para-hydroxylation sites is 1. The minimum atomic E-state index is -4.52. The molecule has 2 aliphatic heterocycles. The maximum Gasteiger partial charge on any atom is 0.416 e. The van der Waals surface area contributed by atoms with Crippen molar-refractivity contribution in [3.8, 4) is 0 Å². The van der Waals surface area contributed by atoms with Crippen molar-refractivity contribution < 1.29 is 18.0 Å². The number of amides is 1. The van der Waals surface area contributed by atoms with E-state index >= 15 is 0 Å². The van der Waals surface area contributed by atoms with Gasteiger partial charge in [-0.3, -0.25) is 14.7 Å². The van der Waals surface area contributed by atoms with Crippen LogP contribution in [0.2, 0.25) is 0 Å². The van der Waals surface area contributed by atoms with Crippen LogP contribution in [0.25, 0.3) is 0 Å². The van der Waals surface area contributed by atoms with E-state index in [-0.39, 0.29) is 23.6 Å². The van der Waals surface area contributed by atoms with Gasteiger partial charge in [-0.05, 0) is 47.0 Å². The van der Waals surface area contributed by atoms with Crippen LogP contribution in [0.5, 0.6) is 0 Å². The quantitative estimate of drug-likeness (QED) is 0.606. The molecule has 0 bridgehead atoms. The number of aromatic nitrogens is 1. The molecule has 4 nitrogen and oxygen atoms in total. The Morgan fingerprint density at radius 1 is 1.00 bits per heavy atom. The molecule has 3 heterocycles. The van der Waals surface area contributed by atoms with Crippen LogP contribution in [-0.4, -0.2) is 22.3 Å². The third-order valence-corrected chi connectivity index (χ3v) is 5.92. The van der Waals surface area contributed by atoms with Gasteiger partial charge in [-0.25, -0.2) is 0 Å². The number of hydrogen-bond donors (Lipinski definition) is 0. The van der Waals surface area contributed by atoms with E-state index < -0.39 is 11.7 Å². The fourth-order valence-electron chi connectivity index (χ4n) is 4.45. The van der Waals surface area contributed by atoms with Crippen molar-refractivity contribution in [2.45, 2.75) is 32.2 Å². The maximum atomic E-state index is 13.9. The first kappa shape index (κ1) is 19.8. The Labute approximate surface area is 177 Å². The van der Waals surface area contributed by atoms with Gasteiger partial charge in [0.1, 0.15) is 0 Å². The average molecular weight is 423 g/mol. The highest BCUT2D eigenvalue weighted by Gasteiger charge is 2.40. The van der Waals surface area contributed by atoms with Gasteiger partial charge in [0, 0.05) is 49.2 Å². The summed E-state index contributed by atoms with van der Waals surface area (Å²) in [6, 6.07) is 15.5. The van der Waals surface area contributed by atoms with Gasteiger partial charge in [-0.1, -0.05) is 24.3 Å². The summed E-state index contributed by atoms with van der Waals surface area (Å²) >= 11 is 0. The lowest BCUT2D eigenvalue weighted by Gasteiger charge is -2.28. The van der Waals surface area contributed by atoms with Crippen LogP contribution < -0.4 is 4.90 Å². The van der Waals surface area contributed by atoms with Crippen molar-refractivity contribution >= 4 is 11.6 Å². The summed E-state index contributed by atoms with van der Waals surface area (Å²) in [6.45, 7) is 1.62. The van der Waals surface area contributed by atoms with Crippen molar-refractivity contribution in [2.75, 3.05) is 11.4 Å². The molecule has 2 aromatic carbocycles. The first-order valence-electron chi connectivity index (χ1n) is 10.1. The summed E-state index contributed by atoms with van der Waals surface area (Å²) in [4.78, 5) is 20.9. The lowest BCUT2D eigenvalue weighted by Crippen LogP contribution is -2.30. The molecule has 31 heavy (non-hydrogen) atoms. The smallest absolute Gasteiger partial charge is 0.304 e. The summed E-state index contributed by atoms with van der Waals surface area (Å²) in [7, 11) is 0. The van der Waals surface area contributed by atoms with Crippen molar-refractivity contribution in [3.05, 3.63) is 94.3 Å². The summed E-state index contributed by atoms with van der Waals surface area (Å²) < 4.78 is 41.7. The Balaban J connectivity index is 1.48. The molecule has 0 atom stereocenters. The molecule has 158 valence electrons. The Morgan fingerprint density at radius 2 is 1.81 bits per heavy atom. The lowest BCUT2D eigenvalue weighted by molar-refractivity contribution is -0.138. The van der Waals surface area contributed by atoms with E-state index in [1.54, 1.807) is 36.5 Å². The molecule has 0 saturated heterocycles. The van der Waals surface area contributed by atoms with E-state index in [1.165, 1.54) is 11.0 Å². The molecule has 0 radical (unpaired) electrons. The fraction of sp³-hybridized carbons (Fsp3) is 0.250. The normalized spacial score (nSPS) is 16.4. The molecule has 5 rings (SSSR count). The molecule has 0 N–H and O–H groups in total. The number of alkyl halides is 3. The fourth-order valence-corrected chi connectivity index (χ4v) is 4.45. The van der Waals surface area contributed by atoms with Gasteiger partial charge < -0.3 is 4.90 Å². The first-order chi connectivity index (χ1) is 14.9. The topological polar surface area (TPSA) is 36.4 Å². The molecule has 0 saturated carbocycles. The summed E-state index contributed by atoms with van der Waals surface area (Å²) in [5, 5.41) is 0. The summed E-state index contributed by atoms with van der Waals surface area (Å²) in [6.07, 6.45) is -2.01. The standard InChI is InChI=1S/C24H20F3N3O/c25-24(26,27)21-12-16(13-29-10-8-22-17(14-29)5-4-9-28-22)11-19-20(21)15-30(23(19)31)18-6-2-1-3-7-18/h1-7,9,11-12H,8,10,13-15H2. The second-order valence-corrected chi connectivity index (χ2v) is 7.96. The zero-order chi connectivity index (χ0) is 21.6. The number of benzene rings is 2. The van der Waals surface area contributed by atoms with Crippen LogP contribution in [0.4, 0.5) is 18.9 Å². The van der Waals surface area contributed by atoms with Crippen LogP contribution in [0, 0.1) is 0 Å². The number of pyridine rings is 1. The van der Waals surface area contributed by atoms with E-state index in [0.717, 1.165) is 17.7 Å². The molecule has 3 aromatic rings. The highest BCUT2D eigenvalue weighted by atomic mass is 19.4. The summed E-state index contributed by atoms with van der Waals surface area (Å²) in [5.74, 6) is -0.387. The van der Waals surface area contributed by atoms with Crippen LogP contribution in [0.15, 0.2) is 60.8 Å². The van der Waals surface area contributed by atoms with Crippen LogP contribution in [-0.2, 0) is 32.2 Å². The molecule has 2 aliphatic rings. The van der Waals surface area contributed by atoms with Gasteiger partial charge in [0.25, 0.3) is 5.91 Å². The molecular formula is C24H20F3N3O. The Bertz CT molecular complexity index is 1140. The number of rotatable bonds is 3. The number of halogens is 3. The van der Waals surface area contributed by atoms with E-state index in [2.05, 4.69) is 9.88 Å². The first-order valence-corrected chi connectivity index (χ1v) is 10.1. The average Bonchev–Trinajstić information content (AvgIpc) is 3.09. The number of carbonyl (C=O) groups is 1. The SMILES string of the molecule is O=C1c2cc(CN3CCc4ncccc4C3)cc(C(F)(F)F)c2CN1c1ccccc1. The zero-order valence-electron chi connectivity index (χ0n) is 16.7. The number of anilines is 1. The minimum Gasteiger partial charge on any atom is -0.304 e. The van der Waals surface area contributed by atoms with Gasteiger partial charge in [0.15, 0.2) is 0 Å². The molecule has 7 heteroatoms. The third-order valence-electron chi connectivity index (χ3n) is 5.92. The molecule has 0 fully saturated rings. The third kappa shape index (κ3) is 3.70. The van der Waals surface area contributed by atoms with Crippen molar-refractivity contribution in [2.24, 2.45) is 0 Å². The maximum absolute atomic E-state index is 13.9. The second-order valence-electron chi connectivity index (χ2n) is 7.96. The zero-order valence-corrected chi connectivity index (χ0v) is 16.7. The largest absolute Gasteiger partial charge is 0.416 e. The molecule has 1 amide bonds. The Hall–Kier alpha value is -3.19. The van der Waals surface area contributed by atoms with Crippen molar-refractivity contribution in [3.63, 3.8) is 0 Å². The molecule has 0 unspecified atom stereocenters. The molecule has 1 aromatic heterocycles. The predicted molar refractivity (Wildman–Crippen MR) is 110 cm³/mol. The highest BCUT2D eigenvalue weighted by Crippen LogP contribution is 2.39. The van der Waals surface area contributed by atoms with Gasteiger partial charge in [0.05, 0.1) is 12.1 Å². The van der Waals surface area contributed by atoms with Gasteiger partial charge in [0.2, 0.25) is 0 Å². The van der Waals surface area contributed by atoms with Gasteiger partial charge in [-0.2, -0.15) is 13.2 Å². The molecule has 0 aliphatic carbocycles. The van der Waals surface area contributed by atoms with E-state index in [4.69, 9.17) is 0 Å².